The van der Waals surface area contributed by atoms with E-state index >= 15 is 0 Å². The number of sulfonamides is 1. The third-order valence-corrected chi connectivity index (χ3v) is 8.80. The highest BCUT2D eigenvalue weighted by atomic mass is 32.2. The first kappa shape index (κ1) is 23.3. The fourth-order valence-electron chi connectivity index (χ4n) is 5.16. The molecule has 3 aromatic rings. The topological polar surface area (TPSA) is 100 Å². The maximum Gasteiger partial charge on any atom is 0.240 e. The SMILES string of the molecule is Cc1cc2cc(S(=O)(=O)NC(CO)CC3CCC3)ccc2nc1N1CCC(c2ccn(C)n2)C1. The van der Waals surface area contributed by atoms with Crippen LogP contribution in [0.1, 0.15) is 49.3 Å². The van der Waals surface area contributed by atoms with Crippen LogP contribution in [-0.4, -0.2) is 54.0 Å². The van der Waals surface area contributed by atoms with Gasteiger partial charge in [-0.3, -0.25) is 4.68 Å². The summed E-state index contributed by atoms with van der Waals surface area (Å²) in [6.45, 7) is 3.62. The number of aliphatic hydroxyl groups is 1. The second kappa shape index (κ2) is 9.28. The molecule has 34 heavy (non-hydrogen) atoms. The lowest BCUT2D eigenvalue weighted by molar-refractivity contribution is 0.202. The minimum absolute atomic E-state index is 0.192. The van der Waals surface area contributed by atoms with E-state index in [1.165, 1.54) is 6.42 Å². The molecule has 0 spiro atoms. The van der Waals surface area contributed by atoms with Crippen molar-refractivity contribution >= 4 is 26.7 Å². The van der Waals surface area contributed by atoms with Gasteiger partial charge in [-0.2, -0.15) is 5.10 Å². The summed E-state index contributed by atoms with van der Waals surface area (Å²) in [7, 11) is -1.79. The molecule has 1 saturated heterocycles. The van der Waals surface area contributed by atoms with Crippen molar-refractivity contribution in [2.24, 2.45) is 13.0 Å². The quantitative estimate of drug-likeness (QED) is 0.511. The number of aromatic nitrogens is 3. The van der Waals surface area contributed by atoms with Crippen molar-refractivity contribution in [3.8, 4) is 0 Å². The Hall–Kier alpha value is -2.49. The Kier molecular flexibility index (Phi) is 6.35. The molecule has 3 heterocycles. The number of benzene rings is 1. The predicted molar refractivity (Wildman–Crippen MR) is 132 cm³/mol. The van der Waals surface area contributed by atoms with Crippen LogP contribution in [0.3, 0.4) is 0 Å². The van der Waals surface area contributed by atoms with Crippen molar-refractivity contribution in [1.82, 2.24) is 19.5 Å². The van der Waals surface area contributed by atoms with Crippen molar-refractivity contribution in [1.29, 1.82) is 0 Å². The molecule has 2 fully saturated rings. The predicted octanol–water partition coefficient (Wildman–Crippen LogP) is 3.10. The van der Waals surface area contributed by atoms with E-state index < -0.39 is 16.1 Å². The Labute approximate surface area is 201 Å². The van der Waals surface area contributed by atoms with E-state index in [-0.39, 0.29) is 11.5 Å². The molecule has 2 unspecified atom stereocenters. The second-order valence-corrected chi connectivity index (χ2v) is 11.6. The molecule has 8 nitrogen and oxygen atoms in total. The van der Waals surface area contributed by atoms with Gasteiger partial charge in [0, 0.05) is 43.7 Å². The summed E-state index contributed by atoms with van der Waals surface area (Å²) >= 11 is 0. The summed E-state index contributed by atoms with van der Waals surface area (Å²) in [6, 6.07) is 8.71. The normalized spacial score (nSPS) is 20.1. The Morgan fingerprint density at radius 1 is 1.21 bits per heavy atom. The fraction of sp³-hybridized carbons (Fsp3) is 0.520. The Bertz CT molecular complexity index is 1280. The lowest BCUT2D eigenvalue weighted by Crippen LogP contribution is -2.39. The van der Waals surface area contributed by atoms with Gasteiger partial charge in [-0.25, -0.2) is 18.1 Å². The molecule has 1 saturated carbocycles. The molecule has 5 rings (SSSR count). The number of fused-ring (bicyclic) bond motifs is 1. The van der Waals surface area contributed by atoms with Crippen molar-refractivity contribution in [2.75, 3.05) is 24.6 Å². The number of anilines is 1. The summed E-state index contributed by atoms with van der Waals surface area (Å²) in [5.74, 6) is 1.83. The van der Waals surface area contributed by atoms with Crippen LogP contribution in [0.4, 0.5) is 5.82 Å². The minimum Gasteiger partial charge on any atom is -0.395 e. The highest BCUT2D eigenvalue weighted by Crippen LogP contribution is 2.33. The van der Waals surface area contributed by atoms with Crippen LogP contribution in [0.2, 0.25) is 0 Å². The summed E-state index contributed by atoms with van der Waals surface area (Å²) in [5, 5.41) is 15.1. The maximum atomic E-state index is 13.0. The van der Waals surface area contributed by atoms with Crippen LogP contribution < -0.4 is 9.62 Å². The number of hydrogen-bond donors (Lipinski definition) is 2. The molecule has 1 aliphatic heterocycles. The van der Waals surface area contributed by atoms with Crippen LogP contribution in [0.5, 0.6) is 0 Å². The van der Waals surface area contributed by atoms with Gasteiger partial charge >= 0.3 is 0 Å². The smallest absolute Gasteiger partial charge is 0.240 e. The van der Waals surface area contributed by atoms with E-state index in [2.05, 4.69) is 20.8 Å². The molecular formula is C25H33N5O3S. The van der Waals surface area contributed by atoms with Gasteiger partial charge in [-0.05, 0) is 61.6 Å². The van der Waals surface area contributed by atoms with E-state index in [0.29, 0.717) is 18.3 Å². The van der Waals surface area contributed by atoms with E-state index in [4.69, 9.17) is 4.98 Å². The van der Waals surface area contributed by atoms with Gasteiger partial charge in [0.1, 0.15) is 5.82 Å². The minimum atomic E-state index is -3.72. The molecule has 2 aromatic heterocycles. The molecule has 2 atom stereocenters. The van der Waals surface area contributed by atoms with Crippen LogP contribution in [0, 0.1) is 12.8 Å². The molecule has 0 amide bonds. The van der Waals surface area contributed by atoms with Gasteiger partial charge in [0.15, 0.2) is 0 Å². The van der Waals surface area contributed by atoms with Gasteiger partial charge in [-0.1, -0.05) is 19.3 Å². The van der Waals surface area contributed by atoms with Crippen LogP contribution in [0.15, 0.2) is 41.4 Å². The van der Waals surface area contributed by atoms with Gasteiger partial charge in [0.05, 0.1) is 22.7 Å². The molecule has 2 N–H and O–H groups in total. The molecule has 9 heteroatoms. The average molecular weight is 484 g/mol. The van der Waals surface area contributed by atoms with Crippen molar-refractivity contribution in [3.05, 3.63) is 47.8 Å². The standard InChI is InChI=1S/C25H33N5O3S/c1-17-12-20-14-22(34(32,33)28-21(16-31)13-18-4-3-5-18)6-7-23(20)26-25(17)30-11-8-19(15-30)24-9-10-29(2)27-24/h6-7,9-10,12,14,18-19,21,28,31H,3-5,8,11,13,15-16H2,1-2H3. The third kappa shape index (κ3) is 4.69. The highest BCUT2D eigenvalue weighted by Gasteiger charge is 2.28. The third-order valence-electron chi connectivity index (χ3n) is 7.29. The molecule has 0 radical (unpaired) electrons. The number of aliphatic hydroxyl groups excluding tert-OH is 1. The van der Waals surface area contributed by atoms with Crippen LogP contribution in [-0.2, 0) is 17.1 Å². The van der Waals surface area contributed by atoms with Crippen LogP contribution in [0.25, 0.3) is 10.9 Å². The number of rotatable bonds is 8. The Morgan fingerprint density at radius 3 is 2.71 bits per heavy atom. The first-order valence-corrected chi connectivity index (χ1v) is 13.6. The van der Waals surface area contributed by atoms with Gasteiger partial charge < -0.3 is 10.0 Å². The fourth-order valence-corrected chi connectivity index (χ4v) is 6.44. The van der Waals surface area contributed by atoms with Crippen molar-refractivity contribution in [3.63, 3.8) is 0 Å². The lowest BCUT2D eigenvalue weighted by atomic mass is 9.81. The number of nitrogens with one attached hydrogen (secondary N) is 1. The Balaban J connectivity index is 1.34. The van der Waals surface area contributed by atoms with Crippen molar-refractivity contribution in [2.45, 2.75) is 55.9 Å². The number of pyridine rings is 1. The van der Waals surface area contributed by atoms with Gasteiger partial charge in [0.2, 0.25) is 10.0 Å². The lowest BCUT2D eigenvalue weighted by Gasteiger charge is -2.29. The second-order valence-electron chi connectivity index (χ2n) is 9.86. The van der Waals surface area contributed by atoms with E-state index in [0.717, 1.165) is 60.3 Å². The summed E-state index contributed by atoms with van der Waals surface area (Å²) in [5.41, 5.74) is 2.91. The number of aryl methyl sites for hydroxylation is 2. The first-order chi connectivity index (χ1) is 16.3. The monoisotopic (exact) mass is 483 g/mol. The van der Waals surface area contributed by atoms with Gasteiger partial charge in [0.25, 0.3) is 0 Å². The number of nitrogens with zero attached hydrogens (tertiary/aromatic N) is 4. The zero-order chi connectivity index (χ0) is 23.9. The molecule has 182 valence electrons. The average Bonchev–Trinajstić information content (AvgIpc) is 3.43. The van der Waals surface area contributed by atoms with E-state index in [1.54, 1.807) is 18.2 Å². The Morgan fingerprint density at radius 2 is 2.03 bits per heavy atom. The van der Waals surface area contributed by atoms with E-state index in [9.17, 15) is 13.5 Å². The molecule has 1 aliphatic carbocycles. The zero-order valence-electron chi connectivity index (χ0n) is 19.8. The largest absolute Gasteiger partial charge is 0.395 e. The molecule has 0 bridgehead atoms. The van der Waals surface area contributed by atoms with Crippen LogP contribution >= 0.6 is 0 Å². The zero-order valence-corrected chi connectivity index (χ0v) is 20.6. The van der Waals surface area contributed by atoms with Crippen molar-refractivity contribution < 1.29 is 13.5 Å². The summed E-state index contributed by atoms with van der Waals surface area (Å²) in [4.78, 5) is 7.40. The molecular weight excluding hydrogens is 450 g/mol. The highest BCUT2D eigenvalue weighted by molar-refractivity contribution is 7.89. The molecule has 1 aromatic carbocycles. The summed E-state index contributed by atoms with van der Waals surface area (Å²) in [6.07, 6.45) is 7.11. The summed E-state index contributed by atoms with van der Waals surface area (Å²) < 4.78 is 30.6. The maximum absolute atomic E-state index is 13.0. The first-order valence-electron chi connectivity index (χ1n) is 12.1. The number of hydrogen-bond acceptors (Lipinski definition) is 6. The van der Waals surface area contributed by atoms with Gasteiger partial charge in [-0.15, -0.1) is 0 Å². The van der Waals surface area contributed by atoms with E-state index in [1.807, 2.05) is 30.9 Å². The molecule has 2 aliphatic rings.